The van der Waals surface area contributed by atoms with E-state index in [0.29, 0.717) is 24.0 Å². The summed E-state index contributed by atoms with van der Waals surface area (Å²) in [6.07, 6.45) is 5.10. The standard InChI is InChI=1S/C23H32O7/c1-6-15-13(3)28-10-18(16(15)7-8-24)23(26)30-20-9-17-19(22(25)27-5)11-29-14(4)21(17)12(20)2/h6,10-17,20-21,24H,1,7-9H2,2-5H3. The van der Waals surface area contributed by atoms with Gasteiger partial charge in [-0.2, -0.15) is 0 Å². The Kier molecular flexibility index (Phi) is 6.91. The summed E-state index contributed by atoms with van der Waals surface area (Å²) in [5.41, 5.74) is 0.909. The molecule has 0 saturated heterocycles. The Hall–Kier alpha value is -2.28. The molecule has 8 atom stereocenters. The number of hydrogen-bond acceptors (Lipinski definition) is 7. The van der Waals surface area contributed by atoms with Crippen molar-refractivity contribution in [1.82, 2.24) is 0 Å². The average Bonchev–Trinajstić information content (AvgIpc) is 3.05. The monoisotopic (exact) mass is 420 g/mol. The summed E-state index contributed by atoms with van der Waals surface area (Å²) in [6.45, 7) is 9.72. The summed E-state index contributed by atoms with van der Waals surface area (Å²) in [6, 6.07) is 0. The number of aliphatic hydroxyl groups is 1. The molecule has 0 amide bonds. The van der Waals surface area contributed by atoms with E-state index in [4.69, 9.17) is 18.9 Å². The Morgan fingerprint density at radius 1 is 1.17 bits per heavy atom. The smallest absolute Gasteiger partial charge is 0.337 e. The molecule has 0 bridgehead atoms. The lowest BCUT2D eigenvalue weighted by Gasteiger charge is -2.35. The van der Waals surface area contributed by atoms with Crippen LogP contribution in [0.15, 0.2) is 36.3 Å². The molecule has 30 heavy (non-hydrogen) atoms. The quantitative estimate of drug-likeness (QED) is 0.522. The van der Waals surface area contributed by atoms with Crippen molar-refractivity contribution in [3.05, 3.63) is 36.3 Å². The fourth-order valence-electron chi connectivity index (χ4n) is 5.30. The summed E-state index contributed by atoms with van der Waals surface area (Å²) >= 11 is 0. The van der Waals surface area contributed by atoms with Gasteiger partial charge in [-0.3, -0.25) is 0 Å². The average molecular weight is 421 g/mol. The molecular weight excluding hydrogens is 388 g/mol. The van der Waals surface area contributed by atoms with E-state index >= 15 is 0 Å². The molecule has 3 rings (SSSR count). The summed E-state index contributed by atoms with van der Waals surface area (Å²) in [4.78, 5) is 25.3. The van der Waals surface area contributed by atoms with E-state index in [1.807, 2.05) is 20.8 Å². The highest BCUT2D eigenvalue weighted by Gasteiger charge is 2.51. The molecule has 1 N–H and O–H groups in total. The third kappa shape index (κ3) is 4.00. The van der Waals surface area contributed by atoms with Gasteiger partial charge in [0.15, 0.2) is 0 Å². The van der Waals surface area contributed by atoms with Crippen LogP contribution in [0.4, 0.5) is 0 Å². The third-order valence-electron chi connectivity index (χ3n) is 6.94. The van der Waals surface area contributed by atoms with Crippen LogP contribution in [-0.4, -0.2) is 49.1 Å². The van der Waals surface area contributed by atoms with Crippen LogP contribution in [0.2, 0.25) is 0 Å². The molecule has 0 aromatic heterocycles. The van der Waals surface area contributed by atoms with Gasteiger partial charge in [0.05, 0.1) is 36.9 Å². The molecule has 2 heterocycles. The van der Waals surface area contributed by atoms with Crippen LogP contribution in [0.25, 0.3) is 0 Å². The first-order valence-corrected chi connectivity index (χ1v) is 10.6. The van der Waals surface area contributed by atoms with Gasteiger partial charge >= 0.3 is 11.9 Å². The van der Waals surface area contributed by atoms with Crippen LogP contribution in [-0.2, 0) is 28.5 Å². The van der Waals surface area contributed by atoms with Crippen molar-refractivity contribution in [2.45, 2.75) is 51.9 Å². The van der Waals surface area contributed by atoms with Gasteiger partial charge in [0.2, 0.25) is 0 Å². The summed E-state index contributed by atoms with van der Waals surface area (Å²) in [7, 11) is 1.35. The van der Waals surface area contributed by atoms with Crippen molar-refractivity contribution in [3.63, 3.8) is 0 Å². The molecule has 0 aromatic rings. The molecule has 1 aliphatic carbocycles. The van der Waals surface area contributed by atoms with Crippen molar-refractivity contribution in [2.24, 2.45) is 29.6 Å². The predicted molar refractivity (Wildman–Crippen MR) is 109 cm³/mol. The molecule has 3 aliphatic rings. The minimum atomic E-state index is -0.445. The van der Waals surface area contributed by atoms with Gasteiger partial charge in [0.1, 0.15) is 12.2 Å². The number of ether oxygens (including phenoxy) is 4. The van der Waals surface area contributed by atoms with Crippen LogP contribution in [0.1, 0.15) is 33.6 Å². The predicted octanol–water partition coefficient (Wildman–Crippen LogP) is 2.75. The molecule has 0 spiro atoms. The van der Waals surface area contributed by atoms with Gasteiger partial charge in [0.25, 0.3) is 0 Å². The Morgan fingerprint density at radius 2 is 1.83 bits per heavy atom. The van der Waals surface area contributed by atoms with Crippen molar-refractivity contribution >= 4 is 11.9 Å². The maximum Gasteiger partial charge on any atom is 0.337 e. The molecule has 8 unspecified atom stereocenters. The van der Waals surface area contributed by atoms with Gasteiger partial charge < -0.3 is 24.1 Å². The molecule has 7 heteroatoms. The van der Waals surface area contributed by atoms with E-state index in [-0.39, 0.29) is 54.5 Å². The zero-order valence-corrected chi connectivity index (χ0v) is 18.1. The summed E-state index contributed by atoms with van der Waals surface area (Å²) < 4.78 is 22.2. The molecular formula is C23H32O7. The Balaban J connectivity index is 1.78. The highest BCUT2D eigenvalue weighted by atomic mass is 16.5. The van der Waals surface area contributed by atoms with Crippen molar-refractivity contribution in [1.29, 1.82) is 0 Å². The van der Waals surface area contributed by atoms with Crippen LogP contribution in [0, 0.1) is 29.6 Å². The number of carbonyl (C=O) groups excluding carboxylic acids is 2. The van der Waals surface area contributed by atoms with Crippen molar-refractivity contribution in [2.75, 3.05) is 13.7 Å². The van der Waals surface area contributed by atoms with Crippen LogP contribution in [0.5, 0.6) is 0 Å². The highest BCUT2D eigenvalue weighted by Crippen LogP contribution is 2.48. The number of esters is 2. The van der Waals surface area contributed by atoms with Crippen LogP contribution < -0.4 is 0 Å². The normalized spacial score (nSPS) is 37.6. The fraction of sp³-hybridized carbons (Fsp3) is 0.652. The van der Waals surface area contributed by atoms with E-state index < -0.39 is 11.9 Å². The molecule has 2 aliphatic heterocycles. The largest absolute Gasteiger partial charge is 0.497 e. The second kappa shape index (κ2) is 9.25. The first-order chi connectivity index (χ1) is 14.3. The first-order valence-electron chi connectivity index (χ1n) is 10.6. The molecule has 1 saturated carbocycles. The Morgan fingerprint density at radius 3 is 2.47 bits per heavy atom. The Labute approximate surface area is 177 Å². The second-order valence-electron chi connectivity index (χ2n) is 8.47. The SMILES string of the molecule is C=CC1C(C)OC=C(C(=O)OC2CC3C(C(=O)OC)=COC(C)C3C2C)C1CCO. The first kappa shape index (κ1) is 22.4. The number of methoxy groups -OCH3 is 1. The molecule has 166 valence electrons. The second-order valence-corrected chi connectivity index (χ2v) is 8.47. The fourth-order valence-corrected chi connectivity index (χ4v) is 5.30. The van der Waals surface area contributed by atoms with Gasteiger partial charge in [-0.05, 0) is 26.7 Å². The Bertz CT molecular complexity index is 740. The lowest BCUT2D eigenvalue weighted by molar-refractivity contribution is -0.148. The van der Waals surface area contributed by atoms with Gasteiger partial charge in [-0.15, -0.1) is 6.58 Å². The zero-order valence-electron chi connectivity index (χ0n) is 18.1. The summed E-state index contributed by atoms with van der Waals surface area (Å²) in [5.74, 6) is -1.18. The van der Waals surface area contributed by atoms with Crippen molar-refractivity contribution < 1.29 is 33.6 Å². The molecule has 0 aromatic carbocycles. The third-order valence-corrected chi connectivity index (χ3v) is 6.94. The van der Waals surface area contributed by atoms with Gasteiger partial charge in [0, 0.05) is 36.2 Å². The maximum atomic E-state index is 13.1. The minimum Gasteiger partial charge on any atom is -0.497 e. The number of carbonyl (C=O) groups is 2. The van der Waals surface area contributed by atoms with Crippen LogP contribution >= 0.6 is 0 Å². The number of aliphatic hydroxyl groups excluding tert-OH is 1. The van der Waals surface area contributed by atoms with E-state index in [1.165, 1.54) is 19.6 Å². The lowest BCUT2D eigenvalue weighted by Crippen LogP contribution is -2.36. The van der Waals surface area contributed by atoms with Crippen LogP contribution in [0.3, 0.4) is 0 Å². The minimum absolute atomic E-state index is 0.0119. The molecule has 7 nitrogen and oxygen atoms in total. The number of fused-ring (bicyclic) bond motifs is 1. The zero-order chi connectivity index (χ0) is 22.0. The molecule has 0 radical (unpaired) electrons. The number of rotatable bonds is 6. The summed E-state index contributed by atoms with van der Waals surface area (Å²) in [5, 5.41) is 9.50. The van der Waals surface area contributed by atoms with E-state index in [2.05, 4.69) is 6.58 Å². The van der Waals surface area contributed by atoms with Gasteiger partial charge in [-0.25, -0.2) is 9.59 Å². The van der Waals surface area contributed by atoms with Gasteiger partial charge in [-0.1, -0.05) is 13.0 Å². The van der Waals surface area contributed by atoms with Crippen molar-refractivity contribution in [3.8, 4) is 0 Å². The van der Waals surface area contributed by atoms with E-state index in [1.54, 1.807) is 6.08 Å². The van der Waals surface area contributed by atoms with E-state index in [9.17, 15) is 14.7 Å². The van der Waals surface area contributed by atoms with E-state index in [0.717, 1.165) is 0 Å². The highest BCUT2D eigenvalue weighted by molar-refractivity contribution is 5.90. The maximum absolute atomic E-state index is 13.1. The number of hydrogen-bond donors (Lipinski definition) is 1. The topological polar surface area (TPSA) is 91.3 Å². The molecule has 1 fully saturated rings. The lowest BCUT2D eigenvalue weighted by atomic mass is 9.79.